The highest BCUT2D eigenvalue weighted by Crippen LogP contribution is 2.29. The quantitative estimate of drug-likeness (QED) is 0.431. The zero-order valence-corrected chi connectivity index (χ0v) is 15.9. The van der Waals surface area contributed by atoms with Crippen molar-refractivity contribution in [3.05, 3.63) is 48.3 Å². The second-order valence-electron chi connectivity index (χ2n) is 6.42. The van der Waals surface area contributed by atoms with Crippen LogP contribution < -0.4 is 5.32 Å². The summed E-state index contributed by atoms with van der Waals surface area (Å²) in [6.45, 7) is 11.6. The Kier molecular flexibility index (Phi) is 6.03. The maximum atomic E-state index is 10.5. The summed E-state index contributed by atoms with van der Waals surface area (Å²) in [6.07, 6.45) is 4.23. The number of nitrogens with one attached hydrogen (secondary N) is 2. The van der Waals surface area contributed by atoms with Crippen LogP contribution in [0.15, 0.2) is 47.3 Å². The summed E-state index contributed by atoms with van der Waals surface area (Å²) in [6, 6.07) is 5.52. The first-order chi connectivity index (χ1) is 13.1. The summed E-state index contributed by atoms with van der Waals surface area (Å²) < 4.78 is 0. The summed E-state index contributed by atoms with van der Waals surface area (Å²) in [5, 5.41) is 29.6. The van der Waals surface area contributed by atoms with Crippen LogP contribution in [0.3, 0.4) is 0 Å². The molecular formula is C20H26N6O. The molecule has 3 rings (SSSR count). The molecule has 0 bridgehead atoms. The number of H-pyrrole nitrogens is 1. The fourth-order valence-electron chi connectivity index (χ4n) is 3.13. The summed E-state index contributed by atoms with van der Waals surface area (Å²) in [7, 11) is 0. The third-order valence-electron chi connectivity index (χ3n) is 4.73. The molecule has 3 N–H and O–H groups in total. The highest BCUT2D eigenvalue weighted by Gasteiger charge is 2.13. The van der Waals surface area contributed by atoms with Gasteiger partial charge in [0.15, 0.2) is 0 Å². The van der Waals surface area contributed by atoms with E-state index in [0.717, 1.165) is 55.3 Å². The van der Waals surface area contributed by atoms with Crippen LogP contribution in [-0.2, 0) is 6.42 Å². The minimum atomic E-state index is 0.143. The van der Waals surface area contributed by atoms with Crippen molar-refractivity contribution in [2.75, 3.05) is 26.2 Å². The number of rotatable bonds is 5. The minimum absolute atomic E-state index is 0.143. The molecule has 0 saturated carbocycles. The van der Waals surface area contributed by atoms with Gasteiger partial charge in [0.1, 0.15) is 11.6 Å². The molecular weight excluding hydrogens is 340 g/mol. The van der Waals surface area contributed by atoms with Crippen molar-refractivity contribution >= 4 is 11.5 Å². The zero-order valence-electron chi connectivity index (χ0n) is 15.9. The van der Waals surface area contributed by atoms with E-state index in [1.165, 1.54) is 0 Å². The Balaban J connectivity index is 1.86. The normalized spacial score (nSPS) is 15.9. The third kappa shape index (κ3) is 4.25. The van der Waals surface area contributed by atoms with E-state index < -0.39 is 0 Å². The molecule has 1 aliphatic rings. The van der Waals surface area contributed by atoms with E-state index >= 15 is 0 Å². The van der Waals surface area contributed by atoms with Gasteiger partial charge in [-0.05, 0) is 37.1 Å². The van der Waals surface area contributed by atoms with Gasteiger partial charge in [0.2, 0.25) is 0 Å². The van der Waals surface area contributed by atoms with E-state index in [9.17, 15) is 5.11 Å². The van der Waals surface area contributed by atoms with Crippen LogP contribution in [0.4, 0.5) is 0 Å². The summed E-state index contributed by atoms with van der Waals surface area (Å²) in [4.78, 5) is 2.19. The van der Waals surface area contributed by atoms with Crippen molar-refractivity contribution in [1.82, 2.24) is 20.4 Å². The molecule has 7 heteroatoms. The number of phenols is 1. The van der Waals surface area contributed by atoms with E-state index in [2.05, 4.69) is 44.1 Å². The number of aromatic hydroxyl groups is 1. The molecule has 0 amide bonds. The Hall–Kier alpha value is -2.93. The van der Waals surface area contributed by atoms with E-state index in [4.69, 9.17) is 0 Å². The smallest absolute Gasteiger partial charge is 0.125 e. The predicted molar refractivity (Wildman–Crippen MR) is 109 cm³/mol. The fourth-order valence-corrected chi connectivity index (χ4v) is 3.13. The standard InChI is InChI=1S/C20H26N6O/c1-4-18(25-23-14(3)26-10-8-21-9-11-26)16-7-6-15(12-20(16)27)17-13-22-24-19(17)5-2/h4,6-7,12-13,21,27H,1,5,8-11H2,2-3H3,(H,22,24)/b23-14+,25-18+. The van der Waals surface area contributed by atoms with Gasteiger partial charge in [-0.15, -0.1) is 10.2 Å². The number of nitrogens with zero attached hydrogens (tertiary/aromatic N) is 4. The molecule has 142 valence electrons. The Bertz CT molecular complexity index is 861. The van der Waals surface area contributed by atoms with Gasteiger partial charge in [-0.1, -0.05) is 19.6 Å². The fraction of sp³-hybridized carbons (Fsp3) is 0.350. The van der Waals surface area contributed by atoms with Gasteiger partial charge in [-0.3, -0.25) is 5.10 Å². The lowest BCUT2D eigenvalue weighted by atomic mass is 10.0. The maximum Gasteiger partial charge on any atom is 0.125 e. The molecule has 1 saturated heterocycles. The van der Waals surface area contributed by atoms with Gasteiger partial charge in [0.25, 0.3) is 0 Å². The van der Waals surface area contributed by atoms with Gasteiger partial charge in [0, 0.05) is 43.0 Å². The van der Waals surface area contributed by atoms with E-state index in [1.54, 1.807) is 18.3 Å². The maximum absolute atomic E-state index is 10.5. The number of hydrogen-bond donors (Lipinski definition) is 3. The second kappa shape index (κ2) is 8.64. The van der Waals surface area contributed by atoms with Crippen molar-refractivity contribution in [3.63, 3.8) is 0 Å². The molecule has 7 nitrogen and oxygen atoms in total. The summed E-state index contributed by atoms with van der Waals surface area (Å²) in [5.74, 6) is 1.00. The number of aryl methyl sites for hydroxylation is 1. The van der Waals surface area contributed by atoms with Crippen LogP contribution in [0, 0.1) is 0 Å². The Morgan fingerprint density at radius 1 is 1.33 bits per heavy atom. The molecule has 27 heavy (non-hydrogen) atoms. The van der Waals surface area contributed by atoms with E-state index in [1.807, 2.05) is 19.1 Å². The average molecular weight is 366 g/mol. The van der Waals surface area contributed by atoms with Crippen LogP contribution >= 0.6 is 0 Å². The molecule has 1 fully saturated rings. The molecule has 0 atom stereocenters. The molecule has 0 unspecified atom stereocenters. The minimum Gasteiger partial charge on any atom is -0.507 e. The summed E-state index contributed by atoms with van der Waals surface area (Å²) >= 11 is 0. The van der Waals surface area contributed by atoms with Gasteiger partial charge < -0.3 is 15.3 Å². The lowest BCUT2D eigenvalue weighted by Crippen LogP contribution is -2.45. The molecule has 2 heterocycles. The van der Waals surface area contributed by atoms with Gasteiger partial charge in [-0.25, -0.2) is 0 Å². The largest absolute Gasteiger partial charge is 0.507 e. The molecule has 0 radical (unpaired) electrons. The van der Waals surface area contributed by atoms with Gasteiger partial charge >= 0.3 is 0 Å². The van der Waals surface area contributed by atoms with Crippen LogP contribution in [0.2, 0.25) is 0 Å². The number of aromatic nitrogens is 2. The zero-order chi connectivity index (χ0) is 19.2. The molecule has 2 aromatic rings. The third-order valence-corrected chi connectivity index (χ3v) is 4.73. The first-order valence-electron chi connectivity index (χ1n) is 9.20. The number of piperazine rings is 1. The van der Waals surface area contributed by atoms with Gasteiger partial charge in [-0.2, -0.15) is 5.10 Å². The van der Waals surface area contributed by atoms with Crippen molar-refractivity contribution in [2.45, 2.75) is 20.3 Å². The highest BCUT2D eigenvalue weighted by atomic mass is 16.3. The first-order valence-corrected chi connectivity index (χ1v) is 9.20. The number of amidine groups is 1. The Morgan fingerprint density at radius 3 is 2.78 bits per heavy atom. The molecule has 1 aromatic carbocycles. The van der Waals surface area contributed by atoms with Gasteiger partial charge in [0.05, 0.1) is 11.9 Å². The number of allylic oxidation sites excluding steroid dienone is 1. The van der Waals surface area contributed by atoms with Crippen molar-refractivity contribution in [2.24, 2.45) is 10.2 Å². The lowest BCUT2D eigenvalue weighted by molar-refractivity contribution is 0.355. The van der Waals surface area contributed by atoms with Crippen molar-refractivity contribution < 1.29 is 5.11 Å². The number of phenolic OH excluding ortho intramolecular Hbond substituents is 1. The van der Waals surface area contributed by atoms with Crippen LogP contribution in [-0.4, -0.2) is 57.9 Å². The Morgan fingerprint density at radius 2 is 2.11 bits per heavy atom. The van der Waals surface area contributed by atoms with Crippen LogP contribution in [0.5, 0.6) is 5.75 Å². The molecule has 0 aliphatic carbocycles. The molecule has 0 spiro atoms. The second-order valence-corrected chi connectivity index (χ2v) is 6.42. The van der Waals surface area contributed by atoms with Crippen LogP contribution in [0.25, 0.3) is 11.1 Å². The topological polar surface area (TPSA) is 88.9 Å². The average Bonchev–Trinajstić information content (AvgIpc) is 3.18. The van der Waals surface area contributed by atoms with Crippen molar-refractivity contribution in [3.8, 4) is 16.9 Å². The first kappa shape index (κ1) is 18.8. The SMILES string of the molecule is C=C/C(=N\N=C(/C)N1CCNCC1)c1ccc(-c2cn[nH]c2CC)cc1O. The molecule has 1 aromatic heterocycles. The number of hydrogen-bond acceptors (Lipinski definition) is 5. The van der Waals surface area contributed by atoms with E-state index in [-0.39, 0.29) is 5.75 Å². The number of aromatic amines is 1. The van der Waals surface area contributed by atoms with Crippen LogP contribution in [0.1, 0.15) is 25.1 Å². The highest BCUT2D eigenvalue weighted by molar-refractivity contribution is 6.10. The number of benzene rings is 1. The summed E-state index contributed by atoms with van der Waals surface area (Å²) in [5.41, 5.74) is 4.08. The predicted octanol–water partition coefficient (Wildman–Crippen LogP) is 2.56. The lowest BCUT2D eigenvalue weighted by Gasteiger charge is -2.28. The monoisotopic (exact) mass is 366 g/mol. The van der Waals surface area contributed by atoms with E-state index in [0.29, 0.717) is 11.3 Å². The Labute approximate surface area is 159 Å². The van der Waals surface area contributed by atoms with Crippen molar-refractivity contribution in [1.29, 1.82) is 0 Å². The molecule has 1 aliphatic heterocycles.